The third-order valence-electron chi connectivity index (χ3n) is 2.88. The van der Waals surface area contributed by atoms with Crippen molar-refractivity contribution in [2.75, 3.05) is 24.8 Å². The van der Waals surface area contributed by atoms with Crippen molar-refractivity contribution >= 4 is 23.4 Å². The number of ether oxygens (including phenoxy) is 2. The Balaban J connectivity index is 1.87. The third kappa shape index (κ3) is 4.70. The van der Waals surface area contributed by atoms with E-state index in [4.69, 9.17) is 9.47 Å². The predicted octanol–water partition coefficient (Wildman–Crippen LogP) is 3.82. The van der Waals surface area contributed by atoms with Gasteiger partial charge in [0, 0.05) is 10.6 Å². The van der Waals surface area contributed by atoms with E-state index in [1.54, 1.807) is 31.0 Å². The second-order valence-corrected chi connectivity index (χ2v) is 5.78. The van der Waals surface area contributed by atoms with Crippen LogP contribution in [0, 0.1) is 0 Å². The number of carbonyl (C=O) groups excluding carboxylic acids is 1. The van der Waals surface area contributed by atoms with Gasteiger partial charge in [0.25, 0.3) is 5.91 Å². The molecule has 0 unspecified atom stereocenters. The fourth-order valence-electron chi connectivity index (χ4n) is 1.88. The first-order valence-electron chi connectivity index (χ1n) is 7.01. The molecule has 0 aliphatic carbocycles. The Bertz CT molecular complexity index is 614. The lowest BCUT2D eigenvalue weighted by molar-refractivity contribution is -0.118. The van der Waals surface area contributed by atoms with Gasteiger partial charge in [0.15, 0.2) is 18.1 Å². The minimum Gasteiger partial charge on any atom is -0.493 e. The maximum Gasteiger partial charge on any atom is 0.262 e. The molecule has 1 amide bonds. The van der Waals surface area contributed by atoms with Gasteiger partial charge < -0.3 is 14.8 Å². The zero-order chi connectivity index (χ0) is 15.8. The number of hydrogen-bond donors (Lipinski definition) is 1. The molecule has 5 heteroatoms. The summed E-state index contributed by atoms with van der Waals surface area (Å²) >= 11 is 1.76. The highest BCUT2D eigenvalue weighted by atomic mass is 32.2. The van der Waals surface area contributed by atoms with Crippen LogP contribution in [-0.2, 0) is 4.79 Å². The number of hydrogen-bond acceptors (Lipinski definition) is 4. The largest absolute Gasteiger partial charge is 0.493 e. The van der Waals surface area contributed by atoms with Crippen LogP contribution in [0.15, 0.2) is 53.4 Å². The number of carbonyl (C=O) groups is 1. The Kier molecular flexibility index (Phi) is 6.15. The first-order valence-corrected chi connectivity index (χ1v) is 8.00. The maximum absolute atomic E-state index is 11.9. The molecule has 0 aliphatic rings. The Morgan fingerprint density at radius 2 is 1.77 bits per heavy atom. The van der Waals surface area contributed by atoms with E-state index in [9.17, 15) is 4.79 Å². The molecule has 0 aliphatic heterocycles. The number of amides is 1. The zero-order valence-electron chi connectivity index (χ0n) is 12.7. The van der Waals surface area contributed by atoms with Crippen LogP contribution in [-0.4, -0.2) is 25.4 Å². The van der Waals surface area contributed by atoms with E-state index in [1.165, 1.54) is 4.90 Å². The number of benzene rings is 2. The van der Waals surface area contributed by atoms with Gasteiger partial charge in [-0.05, 0) is 42.2 Å². The maximum atomic E-state index is 11.9. The van der Waals surface area contributed by atoms with E-state index in [0.29, 0.717) is 11.5 Å². The fourth-order valence-corrected chi connectivity index (χ4v) is 2.54. The van der Waals surface area contributed by atoms with E-state index < -0.39 is 0 Å². The molecule has 0 atom stereocenters. The van der Waals surface area contributed by atoms with Crippen molar-refractivity contribution in [3.8, 4) is 11.5 Å². The van der Waals surface area contributed by atoms with Crippen LogP contribution in [0.2, 0.25) is 0 Å². The van der Waals surface area contributed by atoms with Crippen molar-refractivity contribution in [2.24, 2.45) is 0 Å². The Hall–Kier alpha value is -2.14. The lowest BCUT2D eigenvalue weighted by atomic mass is 10.3. The first kappa shape index (κ1) is 16.2. The second-order valence-electron chi connectivity index (χ2n) is 4.45. The molecule has 0 spiro atoms. The van der Waals surface area contributed by atoms with Crippen molar-refractivity contribution in [3.05, 3.63) is 48.5 Å². The monoisotopic (exact) mass is 317 g/mol. The summed E-state index contributed by atoms with van der Waals surface area (Å²) in [5.74, 6) is 1.98. The van der Waals surface area contributed by atoms with E-state index in [0.717, 1.165) is 11.4 Å². The topological polar surface area (TPSA) is 47.6 Å². The van der Waals surface area contributed by atoms with Crippen molar-refractivity contribution < 1.29 is 14.3 Å². The van der Waals surface area contributed by atoms with E-state index >= 15 is 0 Å². The van der Waals surface area contributed by atoms with Gasteiger partial charge in [0.2, 0.25) is 0 Å². The van der Waals surface area contributed by atoms with Gasteiger partial charge >= 0.3 is 0 Å². The van der Waals surface area contributed by atoms with Crippen LogP contribution in [0.4, 0.5) is 5.69 Å². The Labute approximate surface area is 134 Å². The number of anilines is 1. The van der Waals surface area contributed by atoms with Gasteiger partial charge in [-0.3, -0.25) is 4.79 Å². The molecule has 22 heavy (non-hydrogen) atoms. The third-order valence-corrected chi connectivity index (χ3v) is 3.77. The van der Waals surface area contributed by atoms with Crippen LogP contribution < -0.4 is 14.8 Å². The average molecular weight is 317 g/mol. The molecule has 0 aromatic heterocycles. The minimum absolute atomic E-state index is 0.0637. The standard InChI is InChI=1S/C17H19NO3S/c1-3-22-14-10-8-13(9-11-14)18-17(19)12-21-16-7-5-4-6-15(16)20-2/h4-11H,3,12H2,1-2H3,(H,18,19). The van der Waals surface area contributed by atoms with Crippen molar-refractivity contribution in [1.82, 2.24) is 0 Å². The van der Waals surface area contributed by atoms with Gasteiger partial charge in [0.1, 0.15) is 0 Å². The molecule has 0 radical (unpaired) electrons. The van der Waals surface area contributed by atoms with Crippen LogP contribution in [0.25, 0.3) is 0 Å². The molecular formula is C17H19NO3S. The molecule has 1 N–H and O–H groups in total. The lowest BCUT2D eigenvalue weighted by Gasteiger charge is -2.10. The summed E-state index contributed by atoms with van der Waals surface area (Å²) in [5.41, 5.74) is 0.758. The van der Waals surface area contributed by atoms with Crippen LogP contribution in [0.1, 0.15) is 6.92 Å². The zero-order valence-corrected chi connectivity index (χ0v) is 13.5. The fraction of sp³-hybridized carbons (Fsp3) is 0.235. The summed E-state index contributed by atoms with van der Waals surface area (Å²) in [5, 5.41) is 2.80. The summed E-state index contributed by atoms with van der Waals surface area (Å²) in [7, 11) is 1.57. The van der Waals surface area contributed by atoms with Gasteiger partial charge in [0.05, 0.1) is 7.11 Å². The predicted molar refractivity (Wildman–Crippen MR) is 90.0 cm³/mol. The van der Waals surface area contributed by atoms with Gasteiger partial charge in [-0.2, -0.15) is 0 Å². The van der Waals surface area contributed by atoms with Crippen molar-refractivity contribution in [3.63, 3.8) is 0 Å². The average Bonchev–Trinajstić information content (AvgIpc) is 2.55. The molecule has 0 fully saturated rings. The number of para-hydroxylation sites is 2. The molecule has 2 aromatic carbocycles. The first-order chi connectivity index (χ1) is 10.7. The molecule has 0 bridgehead atoms. The summed E-state index contributed by atoms with van der Waals surface area (Å²) in [6, 6.07) is 15.0. The highest BCUT2D eigenvalue weighted by molar-refractivity contribution is 7.99. The number of methoxy groups -OCH3 is 1. The molecular weight excluding hydrogens is 298 g/mol. The smallest absolute Gasteiger partial charge is 0.262 e. The van der Waals surface area contributed by atoms with Crippen molar-refractivity contribution in [1.29, 1.82) is 0 Å². The molecule has 0 heterocycles. The molecule has 4 nitrogen and oxygen atoms in total. The van der Waals surface area contributed by atoms with Gasteiger partial charge in [-0.1, -0.05) is 19.1 Å². The van der Waals surface area contributed by atoms with Crippen LogP contribution in [0.3, 0.4) is 0 Å². The molecule has 2 rings (SSSR count). The van der Waals surface area contributed by atoms with E-state index in [2.05, 4.69) is 12.2 Å². The second kappa shape index (κ2) is 8.34. The summed E-state index contributed by atoms with van der Waals surface area (Å²) in [4.78, 5) is 13.1. The van der Waals surface area contributed by atoms with E-state index in [1.807, 2.05) is 36.4 Å². The van der Waals surface area contributed by atoms with Crippen LogP contribution >= 0.6 is 11.8 Å². The molecule has 2 aromatic rings. The Morgan fingerprint density at radius 1 is 1.09 bits per heavy atom. The number of nitrogens with one attached hydrogen (secondary N) is 1. The quantitative estimate of drug-likeness (QED) is 0.789. The molecule has 0 saturated heterocycles. The highest BCUT2D eigenvalue weighted by Crippen LogP contribution is 2.25. The van der Waals surface area contributed by atoms with E-state index in [-0.39, 0.29) is 12.5 Å². The molecule has 0 saturated carbocycles. The van der Waals surface area contributed by atoms with Crippen LogP contribution in [0.5, 0.6) is 11.5 Å². The number of rotatable bonds is 7. The number of thioether (sulfide) groups is 1. The molecule has 116 valence electrons. The summed E-state index contributed by atoms with van der Waals surface area (Å²) in [6.07, 6.45) is 0. The lowest BCUT2D eigenvalue weighted by Crippen LogP contribution is -2.20. The highest BCUT2D eigenvalue weighted by Gasteiger charge is 2.07. The van der Waals surface area contributed by atoms with Crippen molar-refractivity contribution in [2.45, 2.75) is 11.8 Å². The minimum atomic E-state index is -0.207. The summed E-state index contributed by atoms with van der Waals surface area (Å²) < 4.78 is 10.7. The SMILES string of the molecule is CCSc1ccc(NC(=O)COc2ccccc2OC)cc1. The summed E-state index contributed by atoms with van der Waals surface area (Å²) in [6.45, 7) is 2.04. The van der Waals surface area contributed by atoms with Gasteiger partial charge in [-0.25, -0.2) is 0 Å². The Morgan fingerprint density at radius 3 is 2.41 bits per heavy atom. The normalized spacial score (nSPS) is 10.1. The van der Waals surface area contributed by atoms with Gasteiger partial charge in [-0.15, -0.1) is 11.8 Å².